The van der Waals surface area contributed by atoms with Crippen molar-refractivity contribution < 1.29 is 14.0 Å². The van der Waals surface area contributed by atoms with E-state index < -0.39 is 17.4 Å². The first-order valence-corrected chi connectivity index (χ1v) is 14.3. The molecule has 38 heavy (non-hydrogen) atoms. The Morgan fingerprint density at radius 1 is 0.974 bits per heavy atom. The first kappa shape index (κ1) is 30.3. The van der Waals surface area contributed by atoms with Gasteiger partial charge in [-0.2, -0.15) is 0 Å². The summed E-state index contributed by atoms with van der Waals surface area (Å²) in [7, 11) is 0. The summed E-state index contributed by atoms with van der Waals surface area (Å²) in [5, 5.41) is 4.20. The number of carbonyl (C=O) groups is 2. The smallest absolute Gasteiger partial charge is 0.243 e. The predicted molar refractivity (Wildman–Crippen MR) is 156 cm³/mol. The van der Waals surface area contributed by atoms with E-state index in [2.05, 4.69) is 5.32 Å². The summed E-state index contributed by atoms with van der Waals surface area (Å²) in [6.07, 6.45) is 0.309. The van der Waals surface area contributed by atoms with Crippen LogP contribution < -0.4 is 5.32 Å². The molecule has 1 unspecified atom stereocenters. The first-order valence-electron chi connectivity index (χ1n) is 12.0. The number of nitrogens with one attached hydrogen (secondary N) is 1. The predicted octanol–water partition coefficient (Wildman–Crippen LogP) is 7.57. The van der Waals surface area contributed by atoms with Gasteiger partial charge in [0, 0.05) is 44.9 Å². The van der Waals surface area contributed by atoms with Crippen LogP contribution in [0.1, 0.15) is 37.5 Å². The van der Waals surface area contributed by atoms with Gasteiger partial charge in [-0.15, -0.1) is 11.8 Å². The third kappa shape index (κ3) is 8.91. The van der Waals surface area contributed by atoms with Crippen LogP contribution in [0, 0.1) is 5.82 Å². The van der Waals surface area contributed by atoms with E-state index in [1.54, 1.807) is 29.2 Å². The highest BCUT2D eigenvalue weighted by Crippen LogP contribution is 2.27. The van der Waals surface area contributed by atoms with Gasteiger partial charge in [0.25, 0.3) is 0 Å². The number of hydrogen-bond acceptors (Lipinski definition) is 3. The van der Waals surface area contributed by atoms with E-state index in [1.807, 2.05) is 51.1 Å². The number of hydrogen-bond donors (Lipinski definition) is 1. The maximum absolute atomic E-state index is 14.3. The molecule has 0 saturated heterocycles. The van der Waals surface area contributed by atoms with E-state index in [9.17, 15) is 14.0 Å². The van der Waals surface area contributed by atoms with Gasteiger partial charge >= 0.3 is 0 Å². The van der Waals surface area contributed by atoms with Crippen LogP contribution in [-0.4, -0.2) is 34.0 Å². The summed E-state index contributed by atoms with van der Waals surface area (Å²) in [5.74, 6) is -0.747. The van der Waals surface area contributed by atoms with Gasteiger partial charge in [0.05, 0.1) is 5.75 Å². The molecule has 0 fully saturated rings. The maximum atomic E-state index is 14.3. The van der Waals surface area contributed by atoms with Crippen molar-refractivity contribution in [3.05, 3.63) is 104 Å². The molecule has 3 rings (SSSR count). The summed E-state index contributed by atoms with van der Waals surface area (Å²) in [4.78, 5) is 28.8. The minimum absolute atomic E-state index is 0.0178. The third-order valence-electron chi connectivity index (χ3n) is 5.66. The van der Waals surface area contributed by atoms with Crippen molar-refractivity contribution in [2.24, 2.45) is 0 Å². The Balaban J connectivity index is 1.92. The molecule has 2 amide bonds. The van der Waals surface area contributed by atoms with Gasteiger partial charge in [-0.1, -0.05) is 77.3 Å². The second-order valence-corrected chi connectivity index (χ2v) is 12.1. The lowest BCUT2D eigenvalue weighted by Gasteiger charge is -2.34. The molecule has 1 N–H and O–H groups in total. The lowest BCUT2D eigenvalue weighted by molar-refractivity contribution is -0.140. The van der Waals surface area contributed by atoms with Crippen LogP contribution in [0.4, 0.5) is 4.39 Å². The molecule has 0 radical (unpaired) electrons. The van der Waals surface area contributed by atoms with E-state index >= 15 is 0 Å². The number of nitrogens with zero attached hydrogens (tertiary/aromatic N) is 1. The molecule has 0 aliphatic rings. The number of benzene rings is 3. The first-order chi connectivity index (χ1) is 17.9. The van der Waals surface area contributed by atoms with Crippen molar-refractivity contribution in [2.45, 2.75) is 51.1 Å². The van der Waals surface area contributed by atoms with Crippen LogP contribution in [-0.2, 0) is 28.3 Å². The van der Waals surface area contributed by atoms with Crippen LogP contribution in [0.3, 0.4) is 0 Å². The van der Waals surface area contributed by atoms with E-state index in [4.69, 9.17) is 34.8 Å². The normalized spacial score (nSPS) is 12.2. The van der Waals surface area contributed by atoms with Crippen molar-refractivity contribution >= 4 is 58.4 Å². The van der Waals surface area contributed by atoms with Crippen LogP contribution >= 0.6 is 46.6 Å². The van der Waals surface area contributed by atoms with E-state index in [0.717, 1.165) is 5.56 Å². The van der Waals surface area contributed by atoms with Crippen LogP contribution in [0.25, 0.3) is 0 Å². The molecule has 3 aromatic carbocycles. The monoisotopic (exact) mass is 594 g/mol. The number of halogens is 4. The summed E-state index contributed by atoms with van der Waals surface area (Å²) in [6.45, 7) is 5.77. The Labute approximate surface area is 242 Å². The summed E-state index contributed by atoms with van der Waals surface area (Å²) in [6, 6.07) is 18.3. The van der Waals surface area contributed by atoms with Crippen LogP contribution in [0.15, 0.2) is 66.7 Å². The lowest BCUT2D eigenvalue weighted by atomic mass is 10.0. The molecule has 3 aromatic rings. The van der Waals surface area contributed by atoms with Crippen molar-refractivity contribution in [3.8, 4) is 0 Å². The fourth-order valence-corrected chi connectivity index (χ4v) is 5.55. The van der Waals surface area contributed by atoms with Crippen molar-refractivity contribution in [1.82, 2.24) is 10.2 Å². The molecular weight excluding hydrogens is 566 g/mol. The van der Waals surface area contributed by atoms with E-state index in [-0.39, 0.29) is 29.9 Å². The zero-order chi connectivity index (χ0) is 27.9. The van der Waals surface area contributed by atoms with Crippen molar-refractivity contribution in [3.63, 3.8) is 0 Å². The molecule has 0 aliphatic carbocycles. The highest BCUT2D eigenvalue weighted by atomic mass is 35.5. The van der Waals surface area contributed by atoms with Crippen LogP contribution in [0.2, 0.25) is 15.1 Å². The topological polar surface area (TPSA) is 49.4 Å². The Hall–Kier alpha value is -2.25. The minimum Gasteiger partial charge on any atom is -0.350 e. The summed E-state index contributed by atoms with van der Waals surface area (Å²) in [5.41, 5.74) is 1.40. The molecule has 0 spiro atoms. The summed E-state index contributed by atoms with van der Waals surface area (Å²) >= 11 is 19.9. The SMILES string of the molecule is CC(C)(C)NC(=O)C(Cc1ccccc1)N(Cc1ccc(Cl)cc1Cl)C(=O)CSCc1c(F)cccc1Cl. The number of carbonyl (C=O) groups excluding carboxylic acids is 2. The van der Waals surface area contributed by atoms with Gasteiger partial charge in [-0.25, -0.2) is 4.39 Å². The van der Waals surface area contributed by atoms with Gasteiger partial charge in [-0.3, -0.25) is 9.59 Å². The van der Waals surface area contributed by atoms with Gasteiger partial charge in [0.2, 0.25) is 11.8 Å². The molecule has 0 bridgehead atoms. The highest BCUT2D eigenvalue weighted by Gasteiger charge is 2.32. The Morgan fingerprint density at radius 2 is 1.68 bits per heavy atom. The van der Waals surface area contributed by atoms with Gasteiger partial charge in [0.15, 0.2) is 0 Å². The Kier molecular flexibility index (Phi) is 10.9. The number of thioether (sulfide) groups is 1. The molecule has 4 nitrogen and oxygen atoms in total. The van der Waals surface area contributed by atoms with Crippen molar-refractivity contribution in [1.29, 1.82) is 0 Å². The van der Waals surface area contributed by atoms with Crippen LogP contribution in [0.5, 0.6) is 0 Å². The fraction of sp³-hybridized carbons (Fsp3) is 0.310. The largest absolute Gasteiger partial charge is 0.350 e. The quantitative estimate of drug-likeness (QED) is 0.263. The zero-order valence-electron chi connectivity index (χ0n) is 21.4. The highest BCUT2D eigenvalue weighted by molar-refractivity contribution is 7.99. The molecule has 202 valence electrons. The standard InChI is InChI=1S/C29H30Cl3FN2O2S/c1-29(2,3)34-28(37)26(14-19-8-5-4-6-9-19)35(16-20-12-13-21(30)15-24(20)32)27(36)18-38-17-22-23(31)10-7-11-25(22)33/h4-13,15,26H,14,16-18H2,1-3H3,(H,34,37). The number of rotatable bonds is 10. The molecule has 9 heteroatoms. The van der Waals surface area contributed by atoms with E-state index in [0.29, 0.717) is 32.6 Å². The van der Waals surface area contributed by atoms with Crippen molar-refractivity contribution in [2.75, 3.05) is 5.75 Å². The second kappa shape index (κ2) is 13.7. The van der Waals surface area contributed by atoms with Gasteiger partial charge in [-0.05, 0) is 56.2 Å². The molecule has 0 aliphatic heterocycles. The zero-order valence-corrected chi connectivity index (χ0v) is 24.5. The fourth-order valence-electron chi connectivity index (χ4n) is 3.83. The third-order valence-corrected chi connectivity index (χ3v) is 7.54. The van der Waals surface area contributed by atoms with E-state index in [1.165, 1.54) is 23.9 Å². The molecule has 0 heterocycles. The number of amides is 2. The summed E-state index contributed by atoms with van der Waals surface area (Å²) < 4.78 is 14.3. The van der Waals surface area contributed by atoms with Gasteiger partial charge < -0.3 is 10.2 Å². The van der Waals surface area contributed by atoms with Gasteiger partial charge in [0.1, 0.15) is 11.9 Å². The second-order valence-electron chi connectivity index (χ2n) is 9.90. The minimum atomic E-state index is -0.812. The Morgan fingerprint density at radius 3 is 2.32 bits per heavy atom. The lowest BCUT2D eigenvalue weighted by Crippen LogP contribution is -2.54. The maximum Gasteiger partial charge on any atom is 0.243 e. The molecule has 1 atom stereocenters. The average molecular weight is 596 g/mol. The Bertz CT molecular complexity index is 1250. The molecular formula is C29H30Cl3FN2O2S. The average Bonchev–Trinajstić information content (AvgIpc) is 2.83. The molecule has 0 aromatic heterocycles. The molecule has 0 saturated carbocycles.